The Morgan fingerprint density at radius 2 is 2.12 bits per heavy atom. The van der Waals surface area contributed by atoms with E-state index in [2.05, 4.69) is 24.3 Å². The van der Waals surface area contributed by atoms with E-state index >= 15 is 0 Å². The zero-order valence-corrected chi connectivity index (χ0v) is 10.3. The first-order chi connectivity index (χ1) is 8.34. The van der Waals surface area contributed by atoms with E-state index in [1.54, 1.807) is 0 Å². The maximum absolute atomic E-state index is 6.16. The number of benzene rings is 1. The van der Waals surface area contributed by atoms with Crippen molar-refractivity contribution in [1.29, 1.82) is 0 Å². The largest absolute Gasteiger partial charge is 0.373 e. The molecule has 2 N–H and O–H groups in total. The molecule has 0 radical (unpaired) electrons. The number of rotatable bonds is 2. The zero-order valence-electron chi connectivity index (χ0n) is 10.3. The maximum Gasteiger partial charge on any atom is 0.0831 e. The molecular formula is C15H21NO. The predicted octanol–water partition coefficient (Wildman–Crippen LogP) is 2.82. The fourth-order valence-electron chi connectivity index (χ4n) is 3.31. The molecule has 0 spiro atoms. The summed E-state index contributed by atoms with van der Waals surface area (Å²) < 4.78 is 5.96. The van der Waals surface area contributed by atoms with E-state index in [0.717, 1.165) is 19.4 Å². The molecule has 2 aliphatic rings. The summed E-state index contributed by atoms with van der Waals surface area (Å²) in [6.45, 7) is 0.865. The fraction of sp³-hybridized carbons (Fsp3) is 0.600. The van der Waals surface area contributed by atoms with Gasteiger partial charge in [-0.05, 0) is 42.7 Å². The first-order valence-electron chi connectivity index (χ1n) is 6.79. The van der Waals surface area contributed by atoms with Crippen molar-refractivity contribution < 1.29 is 4.74 Å². The molecule has 1 aromatic rings. The Kier molecular flexibility index (Phi) is 3.17. The van der Waals surface area contributed by atoms with Crippen LogP contribution in [-0.4, -0.2) is 12.6 Å². The summed E-state index contributed by atoms with van der Waals surface area (Å²) in [5.74, 6) is 0.658. The lowest BCUT2D eigenvalue weighted by molar-refractivity contribution is 0.0244. The van der Waals surface area contributed by atoms with Crippen LogP contribution in [0.15, 0.2) is 24.3 Å². The van der Waals surface area contributed by atoms with Crippen molar-refractivity contribution in [3.63, 3.8) is 0 Å². The van der Waals surface area contributed by atoms with Gasteiger partial charge in [0.15, 0.2) is 0 Å². The third kappa shape index (κ3) is 2.24. The molecule has 1 fully saturated rings. The normalized spacial score (nSPS) is 32.4. The van der Waals surface area contributed by atoms with Gasteiger partial charge in [0.05, 0.1) is 12.7 Å². The molecule has 1 saturated carbocycles. The third-order valence-electron chi connectivity index (χ3n) is 4.33. The molecule has 2 nitrogen and oxygen atoms in total. The number of hydrogen-bond acceptors (Lipinski definition) is 2. The van der Waals surface area contributed by atoms with Gasteiger partial charge in [0, 0.05) is 6.04 Å². The van der Waals surface area contributed by atoms with Crippen molar-refractivity contribution in [2.75, 3.05) is 6.61 Å². The molecule has 0 amide bonds. The molecule has 1 aliphatic carbocycles. The summed E-state index contributed by atoms with van der Waals surface area (Å²) >= 11 is 0. The average Bonchev–Trinajstić information content (AvgIpc) is 2.76. The molecule has 2 heteroatoms. The molecule has 1 aromatic carbocycles. The van der Waals surface area contributed by atoms with Crippen LogP contribution in [0.5, 0.6) is 0 Å². The smallest absolute Gasteiger partial charge is 0.0831 e. The third-order valence-corrected chi connectivity index (χ3v) is 4.33. The van der Waals surface area contributed by atoms with Crippen molar-refractivity contribution >= 4 is 0 Å². The molecule has 3 atom stereocenters. The lowest BCUT2D eigenvalue weighted by Gasteiger charge is -2.29. The molecule has 1 aliphatic heterocycles. The average molecular weight is 231 g/mol. The molecular weight excluding hydrogens is 210 g/mol. The van der Waals surface area contributed by atoms with Gasteiger partial charge in [-0.3, -0.25) is 0 Å². The molecule has 0 saturated heterocycles. The standard InChI is InChI=1S/C15H21NO/c16-14-7-3-5-12(14)10-15-13-6-2-1-4-11(13)8-9-17-15/h1-2,4,6,12,14-15H,3,5,7-10,16H2. The molecule has 3 rings (SSSR count). The summed E-state index contributed by atoms with van der Waals surface area (Å²) in [5, 5.41) is 0. The molecule has 1 heterocycles. The molecule has 3 unspecified atom stereocenters. The number of fused-ring (bicyclic) bond motifs is 1. The van der Waals surface area contributed by atoms with E-state index in [9.17, 15) is 0 Å². The van der Waals surface area contributed by atoms with Gasteiger partial charge < -0.3 is 10.5 Å². The summed E-state index contributed by atoms with van der Waals surface area (Å²) in [7, 11) is 0. The van der Waals surface area contributed by atoms with Gasteiger partial charge in [-0.25, -0.2) is 0 Å². The highest BCUT2D eigenvalue weighted by molar-refractivity contribution is 5.31. The minimum Gasteiger partial charge on any atom is -0.373 e. The summed E-state index contributed by atoms with van der Waals surface area (Å²) in [5.41, 5.74) is 9.03. The lowest BCUT2D eigenvalue weighted by atomic mass is 9.89. The fourth-order valence-corrected chi connectivity index (χ4v) is 3.31. The zero-order chi connectivity index (χ0) is 11.7. The van der Waals surface area contributed by atoms with Gasteiger partial charge in [0.2, 0.25) is 0 Å². The van der Waals surface area contributed by atoms with E-state index in [1.165, 1.54) is 30.4 Å². The van der Waals surface area contributed by atoms with Crippen molar-refractivity contribution in [2.24, 2.45) is 11.7 Å². The summed E-state index contributed by atoms with van der Waals surface area (Å²) in [4.78, 5) is 0. The van der Waals surface area contributed by atoms with Gasteiger partial charge in [-0.1, -0.05) is 30.7 Å². The molecule has 0 bridgehead atoms. The highest BCUT2D eigenvalue weighted by Gasteiger charge is 2.29. The van der Waals surface area contributed by atoms with Gasteiger partial charge in [0.1, 0.15) is 0 Å². The van der Waals surface area contributed by atoms with Crippen molar-refractivity contribution in [3.05, 3.63) is 35.4 Å². The number of hydrogen-bond donors (Lipinski definition) is 1. The molecule has 0 aromatic heterocycles. The minimum absolute atomic E-state index is 0.286. The van der Waals surface area contributed by atoms with Gasteiger partial charge in [-0.15, -0.1) is 0 Å². The maximum atomic E-state index is 6.16. The highest BCUT2D eigenvalue weighted by Crippen LogP contribution is 2.37. The highest BCUT2D eigenvalue weighted by atomic mass is 16.5. The quantitative estimate of drug-likeness (QED) is 0.849. The van der Waals surface area contributed by atoms with Crippen LogP contribution in [0.4, 0.5) is 0 Å². The van der Waals surface area contributed by atoms with Crippen molar-refractivity contribution in [3.8, 4) is 0 Å². The van der Waals surface area contributed by atoms with Crippen LogP contribution in [0.2, 0.25) is 0 Å². The Hall–Kier alpha value is -0.860. The Labute approximate surface area is 103 Å². The van der Waals surface area contributed by atoms with Crippen LogP contribution in [0.25, 0.3) is 0 Å². The van der Waals surface area contributed by atoms with Crippen molar-refractivity contribution in [1.82, 2.24) is 0 Å². The van der Waals surface area contributed by atoms with Crippen molar-refractivity contribution in [2.45, 2.75) is 44.2 Å². The topological polar surface area (TPSA) is 35.2 Å². The van der Waals surface area contributed by atoms with Gasteiger partial charge >= 0.3 is 0 Å². The van der Waals surface area contributed by atoms with Crippen LogP contribution in [0.1, 0.15) is 42.9 Å². The predicted molar refractivity (Wildman–Crippen MR) is 68.8 cm³/mol. The van der Waals surface area contributed by atoms with E-state index < -0.39 is 0 Å². The van der Waals surface area contributed by atoms with Crippen LogP contribution < -0.4 is 5.73 Å². The van der Waals surface area contributed by atoms with Crippen LogP contribution in [-0.2, 0) is 11.2 Å². The second kappa shape index (κ2) is 4.79. The van der Waals surface area contributed by atoms with Crippen LogP contribution in [0.3, 0.4) is 0 Å². The second-order valence-electron chi connectivity index (χ2n) is 5.40. The van der Waals surface area contributed by atoms with E-state index in [4.69, 9.17) is 10.5 Å². The summed E-state index contributed by atoms with van der Waals surface area (Å²) in [6, 6.07) is 9.10. The first-order valence-corrected chi connectivity index (χ1v) is 6.79. The summed E-state index contributed by atoms with van der Waals surface area (Å²) in [6.07, 6.45) is 6.22. The van der Waals surface area contributed by atoms with E-state index in [-0.39, 0.29) is 6.10 Å². The number of ether oxygens (including phenoxy) is 1. The molecule has 17 heavy (non-hydrogen) atoms. The van der Waals surface area contributed by atoms with E-state index in [0.29, 0.717) is 12.0 Å². The second-order valence-corrected chi connectivity index (χ2v) is 5.40. The SMILES string of the molecule is NC1CCCC1CC1OCCc2ccccc21. The Bertz CT molecular complexity index is 390. The van der Waals surface area contributed by atoms with Gasteiger partial charge in [0.25, 0.3) is 0 Å². The Morgan fingerprint density at radius 1 is 1.24 bits per heavy atom. The van der Waals surface area contributed by atoms with E-state index in [1.807, 2.05) is 0 Å². The molecule has 92 valence electrons. The number of nitrogens with two attached hydrogens (primary N) is 1. The Morgan fingerprint density at radius 3 is 2.94 bits per heavy atom. The minimum atomic E-state index is 0.286. The monoisotopic (exact) mass is 231 g/mol. The Balaban J connectivity index is 1.76. The van der Waals surface area contributed by atoms with Crippen LogP contribution >= 0.6 is 0 Å². The first kappa shape index (κ1) is 11.2. The van der Waals surface area contributed by atoms with Gasteiger partial charge in [-0.2, -0.15) is 0 Å². The lowest BCUT2D eigenvalue weighted by Crippen LogP contribution is -2.28. The van der Waals surface area contributed by atoms with Crippen LogP contribution in [0, 0.1) is 5.92 Å².